The van der Waals surface area contributed by atoms with Gasteiger partial charge in [-0.1, -0.05) is 18.5 Å². The molecular formula is C20H27ClN4O3S. The molecule has 0 aliphatic carbocycles. The summed E-state index contributed by atoms with van der Waals surface area (Å²) in [5.41, 5.74) is 1.70. The van der Waals surface area contributed by atoms with Gasteiger partial charge in [0.05, 0.1) is 17.9 Å². The third kappa shape index (κ3) is 4.99. The van der Waals surface area contributed by atoms with Crippen molar-refractivity contribution < 1.29 is 13.2 Å². The van der Waals surface area contributed by atoms with E-state index in [4.69, 9.17) is 11.6 Å². The van der Waals surface area contributed by atoms with E-state index in [0.29, 0.717) is 47.7 Å². The first-order chi connectivity index (χ1) is 13.7. The van der Waals surface area contributed by atoms with Crippen LogP contribution in [-0.2, 0) is 21.4 Å². The molecule has 1 saturated heterocycles. The van der Waals surface area contributed by atoms with Crippen molar-refractivity contribution in [3.8, 4) is 0 Å². The van der Waals surface area contributed by atoms with Gasteiger partial charge in [-0.2, -0.15) is 9.40 Å². The van der Waals surface area contributed by atoms with Crippen molar-refractivity contribution in [2.45, 2.75) is 51.5 Å². The Bertz CT molecular complexity index is 978. The normalized spacial score (nSPS) is 16.1. The second-order valence-electron chi connectivity index (χ2n) is 7.61. The monoisotopic (exact) mass is 438 g/mol. The van der Waals surface area contributed by atoms with Crippen LogP contribution in [0.4, 0.5) is 5.69 Å². The second-order valence-corrected chi connectivity index (χ2v) is 9.93. The number of halogens is 1. The molecule has 9 heteroatoms. The molecule has 158 valence electrons. The molecule has 1 amide bonds. The third-order valence-corrected chi connectivity index (χ3v) is 7.74. The highest BCUT2D eigenvalue weighted by Crippen LogP contribution is 2.27. The van der Waals surface area contributed by atoms with Crippen LogP contribution in [0.2, 0.25) is 5.02 Å². The lowest BCUT2D eigenvalue weighted by atomic mass is 10.0. The number of anilines is 1. The quantitative estimate of drug-likeness (QED) is 0.746. The lowest BCUT2D eigenvalue weighted by molar-refractivity contribution is -0.116. The summed E-state index contributed by atoms with van der Waals surface area (Å²) in [6.45, 7) is 6.98. The number of hydrogen-bond donors (Lipinski definition) is 1. The zero-order valence-corrected chi connectivity index (χ0v) is 18.6. The number of benzene rings is 1. The maximum Gasteiger partial charge on any atom is 0.246 e. The van der Waals surface area contributed by atoms with Crippen LogP contribution < -0.4 is 5.32 Å². The van der Waals surface area contributed by atoms with Gasteiger partial charge in [0, 0.05) is 30.2 Å². The van der Waals surface area contributed by atoms with E-state index in [1.165, 1.54) is 0 Å². The van der Waals surface area contributed by atoms with Crippen LogP contribution in [0.25, 0.3) is 0 Å². The fourth-order valence-corrected chi connectivity index (χ4v) is 5.56. The number of hydrogen-bond acceptors (Lipinski definition) is 4. The number of carbonyl (C=O) groups is 1. The first-order valence-corrected chi connectivity index (χ1v) is 11.6. The molecular weight excluding hydrogens is 412 g/mol. The number of amides is 1. The van der Waals surface area contributed by atoms with Gasteiger partial charge in [-0.3, -0.25) is 9.48 Å². The van der Waals surface area contributed by atoms with E-state index < -0.39 is 10.0 Å². The molecule has 1 aromatic carbocycles. The zero-order chi connectivity index (χ0) is 21.2. The number of nitrogens with one attached hydrogen (secondary N) is 1. The average molecular weight is 439 g/mol. The minimum Gasteiger partial charge on any atom is -0.326 e. The lowest BCUT2D eigenvalue weighted by Gasteiger charge is -2.29. The van der Waals surface area contributed by atoms with Gasteiger partial charge in [0.1, 0.15) is 4.90 Å². The topological polar surface area (TPSA) is 84.3 Å². The number of nitrogens with zero attached hydrogens (tertiary/aromatic N) is 3. The Morgan fingerprint density at radius 2 is 1.83 bits per heavy atom. The Labute approximate surface area is 177 Å². The third-order valence-electron chi connectivity index (χ3n) is 5.33. The number of aryl methyl sites for hydroxylation is 2. The fourth-order valence-electron chi connectivity index (χ4n) is 3.59. The van der Waals surface area contributed by atoms with Gasteiger partial charge >= 0.3 is 0 Å². The van der Waals surface area contributed by atoms with E-state index in [0.717, 1.165) is 12.8 Å². The second kappa shape index (κ2) is 8.85. The summed E-state index contributed by atoms with van der Waals surface area (Å²) in [6.07, 6.45) is 1.93. The number of piperidine rings is 1. The Balaban J connectivity index is 1.69. The van der Waals surface area contributed by atoms with E-state index >= 15 is 0 Å². The molecule has 0 saturated carbocycles. The maximum absolute atomic E-state index is 13.1. The zero-order valence-electron chi connectivity index (χ0n) is 17.0. The molecule has 7 nitrogen and oxygen atoms in total. The Morgan fingerprint density at radius 1 is 1.21 bits per heavy atom. The van der Waals surface area contributed by atoms with Crippen molar-refractivity contribution in [1.29, 1.82) is 0 Å². The largest absolute Gasteiger partial charge is 0.326 e. The molecule has 1 aromatic heterocycles. The molecule has 1 aliphatic heterocycles. The molecule has 1 fully saturated rings. The van der Waals surface area contributed by atoms with E-state index in [1.54, 1.807) is 47.1 Å². The minimum absolute atomic E-state index is 0.172. The fraction of sp³-hybridized carbons (Fsp3) is 0.500. The molecule has 2 aromatic rings. The highest BCUT2D eigenvalue weighted by atomic mass is 35.5. The van der Waals surface area contributed by atoms with E-state index in [2.05, 4.69) is 17.3 Å². The Kier molecular flexibility index (Phi) is 6.65. The van der Waals surface area contributed by atoms with Crippen molar-refractivity contribution in [3.63, 3.8) is 0 Å². The average Bonchev–Trinajstić information content (AvgIpc) is 2.96. The molecule has 1 N–H and O–H groups in total. The Morgan fingerprint density at radius 3 is 2.45 bits per heavy atom. The van der Waals surface area contributed by atoms with Crippen LogP contribution in [0.15, 0.2) is 29.2 Å². The van der Waals surface area contributed by atoms with Gasteiger partial charge in [-0.05, 0) is 56.9 Å². The summed E-state index contributed by atoms with van der Waals surface area (Å²) in [4.78, 5) is 12.5. The molecule has 0 unspecified atom stereocenters. The molecule has 0 radical (unpaired) electrons. The van der Waals surface area contributed by atoms with Crippen LogP contribution in [0, 0.1) is 19.8 Å². The van der Waals surface area contributed by atoms with Gasteiger partial charge in [0.2, 0.25) is 15.9 Å². The highest BCUT2D eigenvalue weighted by molar-refractivity contribution is 7.89. The standard InChI is InChI=1S/C20H27ClN4O3S/c1-14-8-11-24(12-9-14)29(27,28)20-15(2)23-25(16(20)3)13-10-19(26)22-18-6-4-17(21)5-7-18/h4-7,14H,8-13H2,1-3H3,(H,22,26). The summed E-state index contributed by atoms with van der Waals surface area (Å²) in [6, 6.07) is 6.87. The molecule has 3 rings (SSSR count). The first-order valence-electron chi connectivity index (χ1n) is 9.78. The van der Waals surface area contributed by atoms with Gasteiger partial charge in [0.25, 0.3) is 0 Å². The minimum atomic E-state index is -3.58. The number of rotatable bonds is 6. The SMILES string of the molecule is Cc1nn(CCC(=O)Nc2ccc(Cl)cc2)c(C)c1S(=O)(=O)N1CCC(C)CC1. The van der Waals surface area contributed by atoms with E-state index in [1.807, 2.05) is 0 Å². The summed E-state index contributed by atoms with van der Waals surface area (Å²) >= 11 is 5.85. The van der Waals surface area contributed by atoms with Crippen molar-refractivity contribution in [1.82, 2.24) is 14.1 Å². The summed E-state index contributed by atoms with van der Waals surface area (Å²) < 4.78 is 29.4. The van der Waals surface area contributed by atoms with Crippen molar-refractivity contribution in [2.75, 3.05) is 18.4 Å². The molecule has 2 heterocycles. The van der Waals surface area contributed by atoms with Crippen LogP contribution in [0.5, 0.6) is 0 Å². The van der Waals surface area contributed by atoms with Crippen molar-refractivity contribution in [2.24, 2.45) is 5.92 Å². The van der Waals surface area contributed by atoms with Gasteiger partial charge in [-0.25, -0.2) is 8.42 Å². The molecule has 29 heavy (non-hydrogen) atoms. The molecule has 0 bridgehead atoms. The van der Waals surface area contributed by atoms with E-state index in [9.17, 15) is 13.2 Å². The van der Waals surface area contributed by atoms with Gasteiger partial charge in [0.15, 0.2) is 0 Å². The van der Waals surface area contributed by atoms with Gasteiger partial charge in [-0.15, -0.1) is 0 Å². The number of sulfonamides is 1. The Hall–Kier alpha value is -1.90. The molecule has 0 spiro atoms. The van der Waals surface area contributed by atoms with Gasteiger partial charge < -0.3 is 5.32 Å². The summed E-state index contributed by atoms with van der Waals surface area (Å²) in [7, 11) is -3.58. The molecule has 1 aliphatic rings. The highest BCUT2D eigenvalue weighted by Gasteiger charge is 2.32. The van der Waals surface area contributed by atoms with Crippen LogP contribution in [0.1, 0.15) is 37.6 Å². The summed E-state index contributed by atoms with van der Waals surface area (Å²) in [5, 5.41) is 7.79. The van der Waals surface area contributed by atoms with E-state index in [-0.39, 0.29) is 17.2 Å². The number of carbonyl (C=O) groups excluding carboxylic acids is 1. The van der Waals surface area contributed by atoms with Crippen molar-refractivity contribution >= 4 is 33.2 Å². The number of aromatic nitrogens is 2. The van der Waals surface area contributed by atoms with Crippen LogP contribution in [-0.4, -0.2) is 41.5 Å². The van der Waals surface area contributed by atoms with Crippen LogP contribution in [0.3, 0.4) is 0 Å². The predicted octanol–water partition coefficient (Wildman–Crippen LogP) is 3.60. The van der Waals surface area contributed by atoms with Crippen LogP contribution >= 0.6 is 11.6 Å². The lowest BCUT2D eigenvalue weighted by Crippen LogP contribution is -2.38. The predicted molar refractivity (Wildman–Crippen MR) is 114 cm³/mol. The molecule has 0 atom stereocenters. The summed E-state index contributed by atoms with van der Waals surface area (Å²) in [5.74, 6) is 0.375. The maximum atomic E-state index is 13.1. The smallest absolute Gasteiger partial charge is 0.246 e. The first kappa shape index (κ1) is 21.8. The van der Waals surface area contributed by atoms with Crippen molar-refractivity contribution in [3.05, 3.63) is 40.7 Å².